The average molecular weight is 678 g/mol. The Morgan fingerprint density at radius 2 is 1.77 bits per heavy atom. The van der Waals surface area contributed by atoms with E-state index in [-0.39, 0.29) is 42.6 Å². The van der Waals surface area contributed by atoms with Gasteiger partial charge in [-0.05, 0) is 60.4 Å². The summed E-state index contributed by atoms with van der Waals surface area (Å²) in [5.41, 5.74) is -0.323. The molecule has 1 aliphatic rings. The summed E-state index contributed by atoms with van der Waals surface area (Å²) in [6.07, 6.45) is -7.68. The van der Waals surface area contributed by atoms with Gasteiger partial charge in [-0.15, -0.1) is 0 Å². The molecule has 10 nitrogen and oxygen atoms in total. The first kappa shape index (κ1) is 35.7. The fraction of sp³-hybridized carbons (Fsp3) is 0.394. The number of aliphatic hydroxyl groups is 1. The highest BCUT2D eigenvalue weighted by Gasteiger charge is 2.40. The van der Waals surface area contributed by atoms with Crippen molar-refractivity contribution in [1.82, 2.24) is 9.62 Å². The van der Waals surface area contributed by atoms with Crippen molar-refractivity contribution < 1.29 is 45.8 Å². The number of amides is 2. The SMILES string of the molecule is CC[C@H](C)CN(C[C@@H](O)[C@H](Cc1ccccc1)NC(=O)[C@@H]1CN(c2cccc(C(F)(F)F)c2)C(=O)O1)S(=O)(=O)c1ccc(OC)cc1. The first-order chi connectivity index (χ1) is 22.2. The number of anilines is 1. The Bertz CT molecular complexity index is 1620. The molecule has 14 heteroatoms. The van der Waals surface area contributed by atoms with Crippen LogP contribution in [0.15, 0.2) is 83.8 Å². The zero-order valence-corrected chi connectivity index (χ0v) is 27.0. The van der Waals surface area contributed by atoms with Crippen LogP contribution in [0.25, 0.3) is 0 Å². The first-order valence-corrected chi connectivity index (χ1v) is 16.5. The number of carbonyl (C=O) groups is 2. The first-order valence-electron chi connectivity index (χ1n) is 15.0. The lowest BCUT2D eigenvalue weighted by atomic mass is 10.0. The fourth-order valence-electron chi connectivity index (χ4n) is 5.07. The number of aliphatic hydroxyl groups excluding tert-OH is 1. The molecule has 3 aromatic carbocycles. The summed E-state index contributed by atoms with van der Waals surface area (Å²) in [7, 11) is -2.62. The summed E-state index contributed by atoms with van der Waals surface area (Å²) in [5.74, 6) is -0.376. The normalized spacial score (nSPS) is 17.2. The average Bonchev–Trinajstić information content (AvgIpc) is 3.45. The third-order valence-electron chi connectivity index (χ3n) is 7.98. The summed E-state index contributed by atoms with van der Waals surface area (Å²) < 4.78 is 78.9. The van der Waals surface area contributed by atoms with Crippen LogP contribution in [0.4, 0.5) is 23.7 Å². The van der Waals surface area contributed by atoms with Crippen LogP contribution >= 0.6 is 0 Å². The minimum Gasteiger partial charge on any atom is -0.497 e. The van der Waals surface area contributed by atoms with Crippen molar-refractivity contribution in [2.75, 3.05) is 31.6 Å². The van der Waals surface area contributed by atoms with Gasteiger partial charge in [0.25, 0.3) is 5.91 Å². The molecular formula is C33H38F3N3O7S. The minimum atomic E-state index is -4.64. The lowest BCUT2D eigenvalue weighted by Crippen LogP contribution is -2.53. The quantitative estimate of drug-likeness (QED) is 0.250. The van der Waals surface area contributed by atoms with Crippen LogP contribution in [0.3, 0.4) is 0 Å². The van der Waals surface area contributed by atoms with Crippen LogP contribution in [0, 0.1) is 5.92 Å². The third kappa shape index (κ3) is 9.02. The lowest BCUT2D eigenvalue weighted by molar-refractivity contribution is -0.137. The molecule has 2 N–H and O–H groups in total. The van der Waals surface area contributed by atoms with Gasteiger partial charge in [-0.3, -0.25) is 9.69 Å². The van der Waals surface area contributed by atoms with Gasteiger partial charge < -0.3 is 19.9 Å². The summed E-state index contributed by atoms with van der Waals surface area (Å²) in [6.45, 7) is 3.17. The molecule has 254 valence electrons. The molecule has 3 aromatic rings. The number of methoxy groups -OCH3 is 1. The molecule has 0 unspecified atom stereocenters. The van der Waals surface area contributed by atoms with Gasteiger partial charge in [-0.2, -0.15) is 17.5 Å². The number of nitrogens with one attached hydrogen (secondary N) is 1. The molecule has 47 heavy (non-hydrogen) atoms. The fourth-order valence-corrected chi connectivity index (χ4v) is 6.65. The zero-order chi connectivity index (χ0) is 34.4. The number of ether oxygens (including phenoxy) is 2. The number of halogens is 3. The summed E-state index contributed by atoms with van der Waals surface area (Å²) in [5, 5.41) is 14.2. The number of rotatable bonds is 14. The standard InChI is InChI=1S/C33H38F3N3O7S/c1-4-22(2)19-38(47(43,44)27-15-13-26(45-3)14-16-27)20-29(40)28(17-23-9-6-5-7-10-23)37-31(41)30-21-39(32(42)46-30)25-12-8-11-24(18-25)33(34,35)36/h5-16,18,22,28-30,40H,4,17,19-21H2,1-3H3,(H,37,41)/t22-,28-,29+,30-/m0/s1. The van der Waals surface area contributed by atoms with Gasteiger partial charge in [0.1, 0.15) is 5.75 Å². The Kier molecular flexibility index (Phi) is 11.5. The van der Waals surface area contributed by atoms with E-state index in [1.807, 2.05) is 13.8 Å². The van der Waals surface area contributed by atoms with E-state index in [0.717, 1.165) is 28.7 Å². The predicted octanol–water partition coefficient (Wildman–Crippen LogP) is 4.86. The number of hydrogen-bond donors (Lipinski definition) is 2. The second-order valence-electron chi connectivity index (χ2n) is 11.4. The number of carbonyl (C=O) groups excluding carboxylic acids is 2. The second-order valence-corrected chi connectivity index (χ2v) is 13.4. The van der Waals surface area contributed by atoms with Gasteiger partial charge >= 0.3 is 12.3 Å². The van der Waals surface area contributed by atoms with E-state index < -0.39 is 52.0 Å². The minimum absolute atomic E-state index is 0.00463. The Morgan fingerprint density at radius 3 is 2.38 bits per heavy atom. The van der Waals surface area contributed by atoms with Crippen molar-refractivity contribution in [2.24, 2.45) is 5.92 Å². The van der Waals surface area contributed by atoms with Crippen LogP contribution in [-0.4, -0.2) is 74.8 Å². The van der Waals surface area contributed by atoms with Crippen LogP contribution in [0.1, 0.15) is 31.4 Å². The molecule has 4 atom stereocenters. The Hall–Kier alpha value is -4.14. The Balaban J connectivity index is 1.56. The van der Waals surface area contributed by atoms with Gasteiger partial charge in [-0.1, -0.05) is 56.7 Å². The van der Waals surface area contributed by atoms with Gasteiger partial charge in [0.15, 0.2) is 6.10 Å². The number of benzene rings is 3. The molecule has 4 rings (SSSR count). The number of hydrogen-bond acceptors (Lipinski definition) is 7. The molecule has 0 bridgehead atoms. The molecule has 0 spiro atoms. The van der Waals surface area contributed by atoms with E-state index in [1.165, 1.54) is 41.7 Å². The van der Waals surface area contributed by atoms with Crippen LogP contribution in [0.2, 0.25) is 0 Å². The molecule has 1 heterocycles. The number of sulfonamides is 1. The van der Waals surface area contributed by atoms with Gasteiger partial charge in [0, 0.05) is 18.8 Å². The van der Waals surface area contributed by atoms with Gasteiger partial charge in [0.2, 0.25) is 10.0 Å². The van der Waals surface area contributed by atoms with Crippen molar-refractivity contribution in [3.05, 3.63) is 90.0 Å². The summed E-state index contributed by atoms with van der Waals surface area (Å²) in [6, 6.07) is 17.8. The van der Waals surface area contributed by atoms with E-state index >= 15 is 0 Å². The van der Waals surface area contributed by atoms with Crippen LogP contribution in [0.5, 0.6) is 5.75 Å². The Morgan fingerprint density at radius 1 is 1.09 bits per heavy atom. The molecule has 0 aromatic heterocycles. The van der Waals surface area contributed by atoms with E-state index in [0.29, 0.717) is 12.2 Å². The van der Waals surface area contributed by atoms with Crippen molar-refractivity contribution in [1.29, 1.82) is 0 Å². The number of alkyl halides is 3. The van der Waals surface area contributed by atoms with Crippen LogP contribution < -0.4 is 15.0 Å². The molecule has 0 radical (unpaired) electrons. The molecular weight excluding hydrogens is 639 g/mol. The van der Waals surface area contributed by atoms with Crippen molar-refractivity contribution in [3.63, 3.8) is 0 Å². The van der Waals surface area contributed by atoms with Crippen LogP contribution in [-0.2, 0) is 32.2 Å². The maximum Gasteiger partial charge on any atom is 0.416 e. The zero-order valence-electron chi connectivity index (χ0n) is 26.2. The monoisotopic (exact) mass is 677 g/mol. The Labute approximate surface area is 272 Å². The van der Waals surface area contributed by atoms with Gasteiger partial charge in [-0.25, -0.2) is 13.2 Å². The van der Waals surface area contributed by atoms with E-state index in [9.17, 15) is 36.3 Å². The second kappa shape index (κ2) is 15.2. The highest BCUT2D eigenvalue weighted by molar-refractivity contribution is 7.89. The van der Waals surface area contributed by atoms with E-state index in [1.54, 1.807) is 30.3 Å². The summed E-state index contributed by atoms with van der Waals surface area (Å²) in [4.78, 5) is 27.0. The number of cyclic esters (lactones) is 1. The van der Waals surface area contributed by atoms with Gasteiger partial charge in [0.05, 0.1) is 36.3 Å². The maximum absolute atomic E-state index is 13.8. The molecule has 0 saturated carbocycles. The molecule has 1 saturated heterocycles. The van der Waals surface area contributed by atoms with Crippen molar-refractivity contribution in [2.45, 2.75) is 56.0 Å². The predicted molar refractivity (Wildman–Crippen MR) is 168 cm³/mol. The largest absolute Gasteiger partial charge is 0.497 e. The van der Waals surface area contributed by atoms with E-state index in [2.05, 4.69) is 5.32 Å². The molecule has 2 amide bonds. The van der Waals surface area contributed by atoms with Crippen molar-refractivity contribution in [3.8, 4) is 5.75 Å². The third-order valence-corrected chi connectivity index (χ3v) is 9.83. The molecule has 0 aliphatic carbocycles. The number of nitrogens with zero attached hydrogens (tertiary/aromatic N) is 2. The van der Waals surface area contributed by atoms with Crippen molar-refractivity contribution >= 4 is 27.7 Å². The lowest BCUT2D eigenvalue weighted by Gasteiger charge is -2.31. The highest BCUT2D eigenvalue weighted by Crippen LogP contribution is 2.33. The summed E-state index contributed by atoms with van der Waals surface area (Å²) >= 11 is 0. The maximum atomic E-state index is 13.8. The smallest absolute Gasteiger partial charge is 0.416 e. The topological polar surface area (TPSA) is 125 Å². The molecule has 1 fully saturated rings. The van der Waals surface area contributed by atoms with E-state index in [4.69, 9.17) is 9.47 Å². The molecule has 1 aliphatic heterocycles. The highest BCUT2D eigenvalue weighted by atomic mass is 32.2.